The van der Waals surface area contributed by atoms with Crippen LogP contribution in [0.1, 0.15) is 5.56 Å². The molecule has 0 saturated heterocycles. The number of aromatic nitrogens is 1. The molecular formula is C20H16ClF3N2O3S. The Morgan fingerprint density at radius 3 is 2.33 bits per heavy atom. The van der Waals surface area contributed by atoms with E-state index in [0.717, 1.165) is 0 Å². The van der Waals surface area contributed by atoms with Gasteiger partial charge in [-0.3, -0.25) is 4.31 Å². The molecule has 0 unspecified atom stereocenters. The minimum atomic E-state index is -4.91. The fourth-order valence-electron chi connectivity index (χ4n) is 2.65. The van der Waals surface area contributed by atoms with Gasteiger partial charge in [0, 0.05) is 17.8 Å². The largest absolute Gasteiger partial charge is 0.457 e. The van der Waals surface area contributed by atoms with Gasteiger partial charge in [-0.15, -0.1) is 0 Å². The highest BCUT2D eigenvalue weighted by Crippen LogP contribution is 2.31. The predicted octanol–water partition coefficient (Wildman–Crippen LogP) is 5.43. The van der Waals surface area contributed by atoms with Crippen LogP contribution in [0.2, 0.25) is 5.15 Å². The number of benzene rings is 2. The van der Waals surface area contributed by atoms with Gasteiger partial charge in [-0.25, -0.2) is 13.4 Å². The molecular weight excluding hydrogens is 441 g/mol. The summed E-state index contributed by atoms with van der Waals surface area (Å²) in [6, 6.07) is 17.5. The molecule has 0 aliphatic heterocycles. The Morgan fingerprint density at radius 2 is 1.67 bits per heavy atom. The van der Waals surface area contributed by atoms with E-state index in [1.54, 1.807) is 36.4 Å². The second-order valence-corrected chi connectivity index (χ2v) is 8.50. The molecule has 3 rings (SSSR count). The van der Waals surface area contributed by atoms with Gasteiger partial charge in [0.25, 0.3) is 0 Å². The van der Waals surface area contributed by atoms with Gasteiger partial charge in [0.1, 0.15) is 16.7 Å². The Kier molecular flexibility index (Phi) is 6.52. The third-order valence-electron chi connectivity index (χ3n) is 3.92. The lowest BCUT2D eigenvalue weighted by molar-refractivity contribution is -0.106. The quantitative estimate of drug-likeness (QED) is 0.445. The fourth-order valence-corrected chi connectivity index (χ4v) is 4.17. The smallest absolute Gasteiger partial charge is 0.404 e. The Morgan fingerprint density at radius 1 is 0.967 bits per heavy atom. The van der Waals surface area contributed by atoms with Crippen molar-refractivity contribution in [2.45, 2.75) is 12.7 Å². The van der Waals surface area contributed by atoms with Crippen LogP contribution in [-0.4, -0.2) is 25.3 Å². The van der Waals surface area contributed by atoms with Gasteiger partial charge in [0.05, 0.1) is 12.2 Å². The average Bonchev–Trinajstić information content (AvgIpc) is 2.66. The van der Waals surface area contributed by atoms with Crippen molar-refractivity contribution in [3.8, 4) is 11.5 Å². The van der Waals surface area contributed by atoms with Gasteiger partial charge in [-0.1, -0.05) is 41.9 Å². The lowest BCUT2D eigenvalue weighted by Gasteiger charge is -2.25. The SMILES string of the molecule is O=S(=O)(CC(F)(F)F)N(Cc1cccnc1Cl)c1cccc(Oc2ccccc2)c1. The minimum absolute atomic E-state index is 0.00130. The van der Waals surface area contributed by atoms with Crippen LogP contribution < -0.4 is 9.04 Å². The van der Waals surface area contributed by atoms with Gasteiger partial charge in [0.15, 0.2) is 5.75 Å². The van der Waals surface area contributed by atoms with Gasteiger partial charge in [-0.05, 0) is 30.3 Å². The number of hydrogen-bond donors (Lipinski definition) is 0. The molecule has 2 aromatic carbocycles. The molecule has 5 nitrogen and oxygen atoms in total. The molecule has 0 N–H and O–H groups in total. The van der Waals surface area contributed by atoms with E-state index < -0.39 is 28.5 Å². The predicted molar refractivity (Wildman–Crippen MR) is 108 cm³/mol. The number of rotatable bonds is 7. The molecule has 3 aromatic rings. The van der Waals surface area contributed by atoms with Crippen LogP contribution in [0.25, 0.3) is 0 Å². The van der Waals surface area contributed by atoms with Crippen LogP contribution in [0.5, 0.6) is 11.5 Å². The van der Waals surface area contributed by atoms with E-state index in [-0.39, 0.29) is 22.2 Å². The lowest BCUT2D eigenvalue weighted by atomic mass is 10.2. The molecule has 10 heteroatoms. The van der Waals surface area contributed by atoms with Gasteiger partial charge in [-0.2, -0.15) is 13.2 Å². The van der Waals surface area contributed by atoms with Crippen molar-refractivity contribution in [1.29, 1.82) is 0 Å². The zero-order valence-corrected chi connectivity index (χ0v) is 17.0. The number of nitrogens with zero attached hydrogens (tertiary/aromatic N) is 2. The van der Waals surface area contributed by atoms with Crippen molar-refractivity contribution in [1.82, 2.24) is 4.98 Å². The van der Waals surface area contributed by atoms with E-state index in [0.29, 0.717) is 10.1 Å². The zero-order valence-electron chi connectivity index (χ0n) is 15.4. The summed E-state index contributed by atoms with van der Waals surface area (Å²) in [6.07, 6.45) is -3.51. The summed E-state index contributed by atoms with van der Waals surface area (Å²) in [5, 5.41) is 0.00130. The number of ether oxygens (including phenoxy) is 1. The maximum absolute atomic E-state index is 12.9. The lowest BCUT2D eigenvalue weighted by Crippen LogP contribution is -2.37. The molecule has 158 valence electrons. The first-order chi connectivity index (χ1) is 14.1. The molecule has 0 radical (unpaired) electrons. The summed E-state index contributed by atoms with van der Waals surface area (Å²) in [6.45, 7) is -0.417. The second-order valence-electron chi connectivity index (χ2n) is 6.24. The average molecular weight is 457 g/mol. The molecule has 1 heterocycles. The van der Waals surface area contributed by atoms with Crippen LogP contribution in [-0.2, 0) is 16.6 Å². The molecule has 0 saturated carbocycles. The monoisotopic (exact) mass is 456 g/mol. The first-order valence-corrected chi connectivity index (χ1v) is 10.6. The summed E-state index contributed by atoms with van der Waals surface area (Å²) in [5.74, 6) is -1.25. The molecule has 0 amide bonds. The Labute approximate surface area is 176 Å². The van der Waals surface area contributed by atoms with Crippen LogP contribution in [0.4, 0.5) is 18.9 Å². The molecule has 0 aliphatic carbocycles. The third-order valence-corrected chi connectivity index (χ3v) is 5.96. The number of halogens is 4. The van der Waals surface area contributed by atoms with Gasteiger partial charge >= 0.3 is 6.18 Å². The van der Waals surface area contributed by atoms with Gasteiger partial charge < -0.3 is 4.74 Å². The summed E-state index contributed by atoms with van der Waals surface area (Å²) in [4.78, 5) is 3.85. The van der Waals surface area contributed by atoms with Crippen LogP contribution in [0, 0.1) is 0 Å². The molecule has 30 heavy (non-hydrogen) atoms. The molecule has 0 bridgehead atoms. The maximum Gasteiger partial charge on any atom is 0.404 e. The van der Waals surface area contributed by atoms with Crippen molar-refractivity contribution < 1.29 is 26.3 Å². The molecule has 0 fully saturated rings. The van der Waals surface area contributed by atoms with E-state index in [1.165, 1.54) is 36.5 Å². The first-order valence-electron chi connectivity index (χ1n) is 8.63. The molecule has 0 aliphatic rings. The Bertz CT molecular complexity index is 1110. The Balaban J connectivity index is 1.99. The van der Waals surface area contributed by atoms with E-state index in [9.17, 15) is 21.6 Å². The minimum Gasteiger partial charge on any atom is -0.457 e. The third kappa shape index (κ3) is 5.87. The van der Waals surface area contributed by atoms with Crippen molar-refractivity contribution in [2.75, 3.05) is 10.1 Å². The summed E-state index contributed by atoms with van der Waals surface area (Å²) in [7, 11) is -4.77. The first kappa shape index (κ1) is 21.9. The van der Waals surface area contributed by atoms with Crippen molar-refractivity contribution in [3.63, 3.8) is 0 Å². The van der Waals surface area contributed by atoms with Crippen molar-refractivity contribution >= 4 is 27.3 Å². The maximum atomic E-state index is 12.9. The normalized spacial score (nSPS) is 11.9. The fraction of sp³-hybridized carbons (Fsp3) is 0.150. The van der Waals surface area contributed by atoms with E-state index in [1.807, 2.05) is 0 Å². The number of anilines is 1. The zero-order chi connectivity index (χ0) is 21.8. The number of hydrogen-bond acceptors (Lipinski definition) is 4. The topological polar surface area (TPSA) is 59.5 Å². The van der Waals surface area contributed by atoms with Crippen LogP contribution >= 0.6 is 11.6 Å². The molecule has 0 spiro atoms. The standard InChI is InChI=1S/C20H16ClF3N2O3S/c21-19-15(6-5-11-25-19)13-26(30(27,28)14-20(22,23)24)16-7-4-10-18(12-16)29-17-8-2-1-3-9-17/h1-12H,13-14H2. The molecule has 0 atom stereocenters. The second kappa shape index (κ2) is 8.93. The van der Waals surface area contributed by atoms with Crippen LogP contribution in [0.15, 0.2) is 72.9 Å². The number of sulfonamides is 1. The summed E-state index contributed by atoms with van der Waals surface area (Å²) in [5.41, 5.74) is 0.270. The number of pyridine rings is 1. The van der Waals surface area contributed by atoms with Crippen molar-refractivity contribution in [2.24, 2.45) is 0 Å². The number of alkyl halides is 3. The Hall–Kier alpha value is -2.78. The van der Waals surface area contributed by atoms with Crippen LogP contribution in [0.3, 0.4) is 0 Å². The number of para-hydroxylation sites is 1. The highest BCUT2D eigenvalue weighted by molar-refractivity contribution is 7.92. The molecule has 1 aromatic heterocycles. The summed E-state index contributed by atoms with van der Waals surface area (Å²) < 4.78 is 70.4. The van der Waals surface area contributed by atoms with Crippen molar-refractivity contribution in [3.05, 3.63) is 83.6 Å². The van der Waals surface area contributed by atoms with Gasteiger partial charge in [0.2, 0.25) is 10.0 Å². The van der Waals surface area contributed by atoms with E-state index in [2.05, 4.69) is 4.98 Å². The highest BCUT2D eigenvalue weighted by Gasteiger charge is 2.39. The van der Waals surface area contributed by atoms with E-state index in [4.69, 9.17) is 16.3 Å². The van der Waals surface area contributed by atoms with E-state index >= 15 is 0 Å². The summed E-state index contributed by atoms with van der Waals surface area (Å²) >= 11 is 6.00. The highest BCUT2D eigenvalue weighted by atomic mass is 35.5.